The Kier molecular flexibility index (Phi) is 32.3. The van der Waals surface area contributed by atoms with Gasteiger partial charge in [-0.25, -0.2) is 0 Å². The number of carbonyl (C=O) groups is 1. The molecule has 0 saturated heterocycles. The summed E-state index contributed by atoms with van der Waals surface area (Å²) in [6.45, 7) is 6.37. The number of ether oxygens (including phenoxy) is 2. The molecule has 0 rings (SSSR count). The van der Waals surface area contributed by atoms with E-state index in [2.05, 4.69) is 13.8 Å². The molecule has 0 aromatic rings. The fraction of sp³-hybridized carbons (Fsp3) is 0.971. The van der Waals surface area contributed by atoms with Gasteiger partial charge in [-0.3, -0.25) is 4.79 Å². The average Bonchev–Trinajstić information content (AvgIpc) is 2.94. The van der Waals surface area contributed by atoms with Crippen LogP contribution in [0.15, 0.2) is 0 Å². The third kappa shape index (κ3) is 30.3. The molecule has 3 N–H and O–H groups in total. The number of hydrogen-bond acceptors (Lipinski definition) is 4. The van der Waals surface area contributed by atoms with Gasteiger partial charge in [-0.2, -0.15) is 0 Å². The Hall–Kier alpha value is -0.650. The van der Waals surface area contributed by atoms with Crippen LogP contribution < -0.4 is 5.73 Å². The molecule has 0 fully saturated rings. The van der Waals surface area contributed by atoms with Gasteiger partial charge in [0, 0.05) is 19.6 Å². The molecule has 0 aliphatic carbocycles. The minimum absolute atomic E-state index is 0.231. The molecule has 2 atom stereocenters. The quantitative estimate of drug-likeness (QED) is 0.0753. The van der Waals surface area contributed by atoms with Crippen molar-refractivity contribution in [3.63, 3.8) is 0 Å². The van der Waals surface area contributed by atoms with Crippen LogP contribution in [0.5, 0.6) is 0 Å². The number of aliphatic carboxylic acids is 1. The van der Waals surface area contributed by atoms with Crippen molar-refractivity contribution in [2.45, 2.75) is 199 Å². The zero-order chi connectivity index (χ0) is 29.4. The van der Waals surface area contributed by atoms with E-state index in [4.69, 9.17) is 15.2 Å². The van der Waals surface area contributed by atoms with E-state index in [9.17, 15) is 9.90 Å². The molecule has 0 aromatic heterocycles. The van der Waals surface area contributed by atoms with Gasteiger partial charge in [0.1, 0.15) is 6.04 Å². The first-order valence-corrected chi connectivity index (χ1v) is 17.8. The highest BCUT2D eigenvalue weighted by Gasteiger charge is 2.19. The molecule has 0 spiro atoms. The zero-order valence-electron chi connectivity index (χ0n) is 27.1. The average molecular weight is 570 g/mol. The second-order valence-corrected chi connectivity index (χ2v) is 12.2. The Morgan fingerprint density at radius 2 is 0.875 bits per heavy atom. The van der Waals surface area contributed by atoms with Crippen LogP contribution >= 0.6 is 0 Å². The molecular weight excluding hydrogens is 498 g/mol. The van der Waals surface area contributed by atoms with Crippen molar-refractivity contribution in [2.75, 3.05) is 19.8 Å². The molecule has 0 bridgehead atoms. The van der Waals surface area contributed by atoms with Crippen LogP contribution in [0, 0.1) is 0 Å². The number of rotatable bonds is 34. The molecule has 0 radical (unpaired) electrons. The summed E-state index contributed by atoms with van der Waals surface area (Å²) in [5, 5.41) is 9.20. The molecule has 40 heavy (non-hydrogen) atoms. The summed E-state index contributed by atoms with van der Waals surface area (Å²) in [4.78, 5) is 11.2. The third-order valence-electron chi connectivity index (χ3n) is 8.13. The van der Waals surface area contributed by atoms with Crippen LogP contribution in [0.1, 0.15) is 187 Å². The van der Waals surface area contributed by atoms with E-state index in [0.29, 0.717) is 19.6 Å². The lowest BCUT2D eigenvalue weighted by Crippen LogP contribution is -2.36. The smallest absolute Gasteiger partial charge is 0.320 e. The van der Waals surface area contributed by atoms with Crippen molar-refractivity contribution in [1.82, 2.24) is 0 Å². The van der Waals surface area contributed by atoms with Gasteiger partial charge in [0.05, 0.1) is 12.7 Å². The van der Waals surface area contributed by atoms with E-state index in [1.165, 1.54) is 154 Å². The second kappa shape index (κ2) is 32.9. The van der Waals surface area contributed by atoms with Gasteiger partial charge in [0.25, 0.3) is 0 Å². The van der Waals surface area contributed by atoms with Crippen LogP contribution in [0.4, 0.5) is 0 Å². The monoisotopic (exact) mass is 570 g/mol. The fourth-order valence-corrected chi connectivity index (χ4v) is 5.37. The highest BCUT2D eigenvalue weighted by Crippen LogP contribution is 2.15. The zero-order valence-corrected chi connectivity index (χ0v) is 27.1. The van der Waals surface area contributed by atoms with E-state index in [1.54, 1.807) is 0 Å². The van der Waals surface area contributed by atoms with Gasteiger partial charge in [0.15, 0.2) is 0 Å². The summed E-state index contributed by atoms with van der Waals surface area (Å²) in [7, 11) is 0. The molecule has 0 heterocycles. The van der Waals surface area contributed by atoms with Crippen molar-refractivity contribution in [3.05, 3.63) is 0 Å². The van der Waals surface area contributed by atoms with Crippen molar-refractivity contribution >= 4 is 5.97 Å². The Labute approximate surface area is 250 Å². The fourth-order valence-electron chi connectivity index (χ4n) is 5.37. The van der Waals surface area contributed by atoms with Gasteiger partial charge in [-0.05, 0) is 12.8 Å². The highest BCUT2D eigenvalue weighted by molar-refractivity contribution is 5.73. The number of carboxylic acids is 1. The molecule has 0 saturated carbocycles. The van der Waals surface area contributed by atoms with Gasteiger partial charge >= 0.3 is 5.97 Å². The molecule has 0 aliphatic heterocycles. The molecule has 0 aromatic carbocycles. The molecule has 5 nitrogen and oxygen atoms in total. The van der Waals surface area contributed by atoms with Crippen molar-refractivity contribution in [2.24, 2.45) is 5.73 Å². The molecule has 5 heteroatoms. The SMILES string of the molecule is CCCCCCCCCCCCCCCCCCOC(COCCCCCCCCCCCC)CC(N)C(=O)O. The maximum absolute atomic E-state index is 11.2. The summed E-state index contributed by atoms with van der Waals surface area (Å²) in [5.41, 5.74) is 5.78. The van der Waals surface area contributed by atoms with Crippen molar-refractivity contribution in [3.8, 4) is 0 Å². The van der Waals surface area contributed by atoms with Crippen LogP contribution in [0.25, 0.3) is 0 Å². The molecule has 2 unspecified atom stereocenters. The summed E-state index contributed by atoms with van der Waals surface area (Å²) in [6, 6.07) is -0.892. The Morgan fingerprint density at radius 3 is 1.23 bits per heavy atom. The number of hydrogen-bond donors (Lipinski definition) is 2. The van der Waals surface area contributed by atoms with E-state index < -0.39 is 12.0 Å². The summed E-state index contributed by atoms with van der Waals surface area (Å²) in [5.74, 6) is -0.967. The van der Waals surface area contributed by atoms with Gasteiger partial charge in [-0.15, -0.1) is 0 Å². The number of carboxylic acid groups (broad SMARTS) is 1. The van der Waals surface area contributed by atoms with Crippen LogP contribution in [-0.4, -0.2) is 43.0 Å². The first-order chi connectivity index (χ1) is 19.6. The first-order valence-electron chi connectivity index (χ1n) is 17.8. The van der Waals surface area contributed by atoms with Gasteiger partial charge in [0.2, 0.25) is 0 Å². The predicted molar refractivity (Wildman–Crippen MR) is 172 cm³/mol. The maximum Gasteiger partial charge on any atom is 0.320 e. The molecule has 0 amide bonds. The first kappa shape index (κ1) is 39.4. The Morgan fingerprint density at radius 1 is 0.550 bits per heavy atom. The Bertz CT molecular complexity index is 502. The lowest BCUT2D eigenvalue weighted by atomic mass is 10.0. The van der Waals surface area contributed by atoms with Gasteiger partial charge < -0.3 is 20.3 Å². The van der Waals surface area contributed by atoms with Crippen LogP contribution in [0.2, 0.25) is 0 Å². The Balaban J connectivity index is 3.67. The van der Waals surface area contributed by atoms with E-state index in [-0.39, 0.29) is 6.10 Å². The third-order valence-corrected chi connectivity index (χ3v) is 8.13. The normalized spacial score (nSPS) is 13.1. The van der Waals surface area contributed by atoms with E-state index in [0.717, 1.165) is 19.4 Å². The number of unbranched alkanes of at least 4 members (excludes halogenated alkanes) is 24. The maximum atomic E-state index is 11.2. The van der Waals surface area contributed by atoms with E-state index in [1.807, 2.05) is 0 Å². The topological polar surface area (TPSA) is 81.8 Å². The van der Waals surface area contributed by atoms with Crippen molar-refractivity contribution in [1.29, 1.82) is 0 Å². The highest BCUT2D eigenvalue weighted by atomic mass is 16.5. The summed E-state index contributed by atoms with van der Waals surface area (Å²) in [6.07, 6.45) is 34.7. The van der Waals surface area contributed by atoms with Gasteiger partial charge in [-0.1, -0.05) is 168 Å². The van der Waals surface area contributed by atoms with Crippen LogP contribution in [0.3, 0.4) is 0 Å². The van der Waals surface area contributed by atoms with Crippen molar-refractivity contribution < 1.29 is 19.4 Å². The summed E-state index contributed by atoms with van der Waals surface area (Å²) >= 11 is 0. The van der Waals surface area contributed by atoms with E-state index >= 15 is 0 Å². The molecule has 240 valence electrons. The molecule has 0 aliphatic rings. The van der Waals surface area contributed by atoms with Crippen LogP contribution in [-0.2, 0) is 14.3 Å². The lowest BCUT2D eigenvalue weighted by Gasteiger charge is -2.20. The number of nitrogens with two attached hydrogens (primary N) is 1. The summed E-state index contributed by atoms with van der Waals surface area (Å²) < 4.78 is 11.9. The second-order valence-electron chi connectivity index (χ2n) is 12.2. The predicted octanol–water partition coefficient (Wildman–Crippen LogP) is 10.4. The minimum atomic E-state index is -0.967. The largest absolute Gasteiger partial charge is 0.480 e. The minimum Gasteiger partial charge on any atom is -0.480 e. The lowest BCUT2D eigenvalue weighted by molar-refractivity contribution is -0.140. The standard InChI is InChI=1S/C35H71NO4/c1-3-5-7-9-11-13-15-16-17-18-19-20-22-24-26-28-30-40-33(31-34(36)35(37)38)32-39-29-27-25-23-21-14-12-10-8-6-4-2/h33-34H,3-32,36H2,1-2H3,(H,37,38). The molecular formula is C35H71NO4.